The van der Waals surface area contributed by atoms with E-state index in [2.05, 4.69) is 9.88 Å². The zero-order valence-electron chi connectivity index (χ0n) is 9.17. The molecular formula is C11H16N4O. The lowest BCUT2D eigenvalue weighted by atomic mass is 10.2. The van der Waals surface area contributed by atoms with Crippen LogP contribution in [0.4, 0.5) is 5.82 Å². The number of nitrogens with zero attached hydrogens (tertiary/aromatic N) is 3. The highest BCUT2D eigenvalue weighted by atomic mass is 16.1. The van der Waals surface area contributed by atoms with Crippen LogP contribution in [0, 0.1) is 0 Å². The Hall–Kier alpha value is -1.62. The quantitative estimate of drug-likeness (QED) is 0.718. The van der Waals surface area contributed by atoms with E-state index in [1.165, 1.54) is 0 Å². The maximum Gasteiger partial charge on any atom is 0.209 e. The second kappa shape index (κ2) is 4.94. The van der Waals surface area contributed by atoms with Crippen molar-refractivity contribution in [2.24, 2.45) is 5.73 Å². The fourth-order valence-electron chi connectivity index (χ4n) is 1.91. The molecule has 1 aliphatic rings. The molecule has 0 radical (unpaired) electrons. The van der Waals surface area contributed by atoms with E-state index in [1.54, 1.807) is 11.1 Å². The summed E-state index contributed by atoms with van der Waals surface area (Å²) in [5.41, 5.74) is 6.73. The van der Waals surface area contributed by atoms with Crippen LogP contribution in [0.3, 0.4) is 0 Å². The van der Waals surface area contributed by atoms with E-state index in [0.717, 1.165) is 44.0 Å². The summed E-state index contributed by atoms with van der Waals surface area (Å²) < 4.78 is 0. The lowest BCUT2D eigenvalue weighted by molar-refractivity contribution is -0.118. The number of pyridine rings is 1. The third-order valence-electron chi connectivity index (χ3n) is 2.85. The molecule has 1 aromatic heterocycles. The van der Waals surface area contributed by atoms with Crippen LogP contribution in [0.5, 0.6) is 0 Å². The molecule has 2 N–H and O–H groups in total. The van der Waals surface area contributed by atoms with Crippen LogP contribution < -0.4 is 10.6 Å². The van der Waals surface area contributed by atoms with Crippen LogP contribution in [0.2, 0.25) is 0 Å². The van der Waals surface area contributed by atoms with Gasteiger partial charge in [0.1, 0.15) is 5.82 Å². The van der Waals surface area contributed by atoms with Gasteiger partial charge in [0.2, 0.25) is 6.41 Å². The molecule has 5 heteroatoms. The minimum Gasteiger partial charge on any atom is -0.353 e. The first kappa shape index (κ1) is 10.9. The smallest absolute Gasteiger partial charge is 0.209 e. The first-order valence-corrected chi connectivity index (χ1v) is 5.43. The Morgan fingerprint density at radius 2 is 2.12 bits per heavy atom. The lowest BCUT2D eigenvalue weighted by Gasteiger charge is -2.34. The number of nitrogens with two attached hydrogens (primary N) is 1. The zero-order chi connectivity index (χ0) is 11.4. The van der Waals surface area contributed by atoms with Crippen molar-refractivity contribution in [1.82, 2.24) is 9.88 Å². The van der Waals surface area contributed by atoms with E-state index in [1.807, 2.05) is 12.1 Å². The fourth-order valence-corrected chi connectivity index (χ4v) is 1.91. The number of hydrogen-bond donors (Lipinski definition) is 1. The highest BCUT2D eigenvalue weighted by Crippen LogP contribution is 2.17. The predicted molar refractivity (Wildman–Crippen MR) is 62.0 cm³/mol. The molecule has 0 aliphatic carbocycles. The van der Waals surface area contributed by atoms with Gasteiger partial charge in [-0.2, -0.15) is 0 Å². The summed E-state index contributed by atoms with van der Waals surface area (Å²) >= 11 is 0. The largest absolute Gasteiger partial charge is 0.353 e. The molecule has 0 unspecified atom stereocenters. The minimum atomic E-state index is 0.497. The molecule has 0 bridgehead atoms. The Labute approximate surface area is 94.9 Å². The highest BCUT2D eigenvalue weighted by Gasteiger charge is 2.18. The topological polar surface area (TPSA) is 62.5 Å². The Morgan fingerprint density at radius 1 is 1.38 bits per heavy atom. The number of anilines is 1. The summed E-state index contributed by atoms with van der Waals surface area (Å²) in [5, 5.41) is 0. The normalized spacial score (nSPS) is 16.3. The summed E-state index contributed by atoms with van der Waals surface area (Å²) in [5.74, 6) is 0.954. The summed E-state index contributed by atoms with van der Waals surface area (Å²) in [4.78, 5) is 18.9. The van der Waals surface area contributed by atoms with Crippen molar-refractivity contribution < 1.29 is 4.79 Å². The van der Waals surface area contributed by atoms with Crippen LogP contribution in [-0.2, 0) is 11.3 Å². The number of aromatic nitrogens is 1. The van der Waals surface area contributed by atoms with Gasteiger partial charge in [0, 0.05) is 44.5 Å². The lowest BCUT2D eigenvalue weighted by Crippen LogP contribution is -2.46. The third-order valence-corrected chi connectivity index (χ3v) is 2.85. The molecule has 1 aromatic rings. The van der Waals surface area contributed by atoms with Crippen molar-refractivity contribution in [3.63, 3.8) is 0 Å². The number of carbonyl (C=O) groups excluding carboxylic acids is 1. The van der Waals surface area contributed by atoms with Crippen LogP contribution in [-0.4, -0.2) is 42.5 Å². The minimum absolute atomic E-state index is 0.497. The van der Waals surface area contributed by atoms with Crippen LogP contribution in [0.25, 0.3) is 0 Å². The first-order valence-electron chi connectivity index (χ1n) is 5.43. The van der Waals surface area contributed by atoms with Gasteiger partial charge in [-0.25, -0.2) is 4.98 Å². The Balaban J connectivity index is 2.10. The van der Waals surface area contributed by atoms with Crippen molar-refractivity contribution in [3.8, 4) is 0 Å². The summed E-state index contributed by atoms with van der Waals surface area (Å²) in [7, 11) is 0. The van der Waals surface area contributed by atoms with E-state index < -0.39 is 0 Å². The molecule has 2 rings (SSSR count). The fraction of sp³-hybridized carbons (Fsp3) is 0.455. The standard InChI is InChI=1S/C11H16N4O/c12-8-10-2-1-3-13-11(10)15-6-4-14(9-16)5-7-15/h1-3,9H,4-8,12H2. The molecule has 0 aromatic carbocycles. The van der Waals surface area contributed by atoms with Crippen LogP contribution in [0.1, 0.15) is 5.56 Å². The molecule has 0 saturated carbocycles. The van der Waals surface area contributed by atoms with Gasteiger partial charge >= 0.3 is 0 Å². The number of hydrogen-bond acceptors (Lipinski definition) is 4. The summed E-state index contributed by atoms with van der Waals surface area (Å²) in [6.45, 7) is 3.65. The van der Waals surface area contributed by atoms with E-state index >= 15 is 0 Å². The molecule has 5 nitrogen and oxygen atoms in total. The number of piperazine rings is 1. The van der Waals surface area contributed by atoms with E-state index in [-0.39, 0.29) is 0 Å². The van der Waals surface area contributed by atoms with E-state index in [9.17, 15) is 4.79 Å². The molecule has 1 aliphatic heterocycles. The van der Waals surface area contributed by atoms with Crippen molar-refractivity contribution in [2.45, 2.75) is 6.54 Å². The second-order valence-corrected chi connectivity index (χ2v) is 3.82. The van der Waals surface area contributed by atoms with E-state index in [0.29, 0.717) is 6.54 Å². The molecule has 16 heavy (non-hydrogen) atoms. The monoisotopic (exact) mass is 220 g/mol. The predicted octanol–water partition coefficient (Wildman–Crippen LogP) is -0.181. The van der Waals surface area contributed by atoms with E-state index in [4.69, 9.17) is 5.73 Å². The van der Waals surface area contributed by atoms with Gasteiger partial charge < -0.3 is 15.5 Å². The number of amides is 1. The highest BCUT2D eigenvalue weighted by molar-refractivity contribution is 5.51. The summed E-state index contributed by atoms with van der Waals surface area (Å²) in [6, 6.07) is 3.89. The van der Waals surface area contributed by atoms with Gasteiger partial charge in [0.25, 0.3) is 0 Å². The summed E-state index contributed by atoms with van der Waals surface area (Å²) in [6.07, 6.45) is 2.68. The molecule has 1 fully saturated rings. The Bertz CT molecular complexity index is 361. The van der Waals surface area contributed by atoms with Crippen molar-refractivity contribution in [2.75, 3.05) is 31.1 Å². The number of rotatable bonds is 3. The Kier molecular flexibility index (Phi) is 3.36. The van der Waals surface area contributed by atoms with Crippen LogP contribution in [0.15, 0.2) is 18.3 Å². The average Bonchev–Trinajstić information content (AvgIpc) is 2.39. The van der Waals surface area contributed by atoms with Gasteiger partial charge in [0.05, 0.1) is 0 Å². The third kappa shape index (κ3) is 2.14. The molecule has 1 saturated heterocycles. The second-order valence-electron chi connectivity index (χ2n) is 3.82. The SMILES string of the molecule is NCc1cccnc1N1CCN(C=O)CC1. The molecule has 0 spiro atoms. The van der Waals surface area contributed by atoms with Gasteiger partial charge in [-0.15, -0.1) is 0 Å². The van der Waals surface area contributed by atoms with Crippen molar-refractivity contribution in [3.05, 3.63) is 23.9 Å². The Morgan fingerprint density at radius 3 is 2.75 bits per heavy atom. The first-order chi connectivity index (χ1) is 7.85. The average molecular weight is 220 g/mol. The van der Waals surface area contributed by atoms with Crippen LogP contribution >= 0.6 is 0 Å². The molecule has 86 valence electrons. The van der Waals surface area contributed by atoms with Crippen molar-refractivity contribution in [1.29, 1.82) is 0 Å². The van der Waals surface area contributed by atoms with Crippen molar-refractivity contribution >= 4 is 12.2 Å². The molecule has 0 atom stereocenters. The molecule has 1 amide bonds. The van der Waals surface area contributed by atoms with Gasteiger partial charge in [-0.3, -0.25) is 4.79 Å². The maximum atomic E-state index is 10.6. The number of carbonyl (C=O) groups is 1. The molecule has 2 heterocycles. The zero-order valence-corrected chi connectivity index (χ0v) is 9.17. The molecular weight excluding hydrogens is 204 g/mol. The van der Waals surface area contributed by atoms with Gasteiger partial charge in [0.15, 0.2) is 0 Å². The van der Waals surface area contributed by atoms with Gasteiger partial charge in [-0.05, 0) is 6.07 Å². The maximum absolute atomic E-state index is 10.6. The van der Waals surface area contributed by atoms with Gasteiger partial charge in [-0.1, -0.05) is 6.07 Å².